The number of aromatic amines is 1. The number of carboxylic acid groups (broad SMARTS) is 1. The number of imidazole rings is 1. The molecule has 2 N–H and O–H groups in total. The molecule has 5 heterocycles. The van der Waals surface area contributed by atoms with E-state index in [2.05, 4.69) is 24.3 Å². The maximum Gasteiger partial charge on any atom is 0.341 e. The van der Waals surface area contributed by atoms with Gasteiger partial charge in [-0.15, -0.1) is 0 Å². The molecule has 12 heteroatoms. The van der Waals surface area contributed by atoms with Gasteiger partial charge in [0.2, 0.25) is 10.6 Å². The van der Waals surface area contributed by atoms with Crippen LogP contribution >= 0.6 is 11.5 Å². The third kappa shape index (κ3) is 2.76. The SMILES string of the molecule is O=C(O)c1cn(-c2ncns2)c2nc(N3CC(c4ncc[nH]4)C3)c(F)cc2c1=O. The Balaban J connectivity index is 1.64. The standard InChI is InChI=1S/C17H12FN7O3S/c18-11-3-9-12(26)10(16(27)28)6-25(17-21-7-22-29-17)14(9)23-15(11)24-4-8(5-24)13-19-1-2-20-13/h1-3,6-8H,4-5H2,(H,19,20)(H,27,28). The third-order valence-corrected chi connectivity index (χ3v) is 5.45. The minimum absolute atomic E-state index is 0.0843. The second-order valence-corrected chi connectivity index (χ2v) is 7.27. The summed E-state index contributed by atoms with van der Waals surface area (Å²) >= 11 is 1.00. The van der Waals surface area contributed by atoms with E-state index < -0.39 is 22.8 Å². The minimum atomic E-state index is -1.41. The van der Waals surface area contributed by atoms with Crippen molar-refractivity contribution in [2.45, 2.75) is 5.92 Å². The first-order valence-corrected chi connectivity index (χ1v) is 9.30. The van der Waals surface area contributed by atoms with Crippen LogP contribution in [-0.2, 0) is 0 Å². The third-order valence-electron chi connectivity index (χ3n) is 4.79. The zero-order chi connectivity index (χ0) is 20.1. The van der Waals surface area contributed by atoms with Crippen molar-refractivity contribution in [3.05, 3.63) is 58.4 Å². The van der Waals surface area contributed by atoms with E-state index in [-0.39, 0.29) is 22.8 Å². The molecule has 4 aromatic heterocycles. The van der Waals surface area contributed by atoms with E-state index in [1.165, 1.54) is 10.9 Å². The van der Waals surface area contributed by atoms with Crippen LogP contribution < -0.4 is 10.3 Å². The van der Waals surface area contributed by atoms with Gasteiger partial charge in [0.1, 0.15) is 17.7 Å². The van der Waals surface area contributed by atoms with Gasteiger partial charge in [0, 0.05) is 43.2 Å². The van der Waals surface area contributed by atoms with Crippen molar-refractivity contribution in [2.24, 2.45) is 0 Å². The second kappa shape index (κ2) is 6.44. The van der Waals surface area contributed by atoms with Gasteiger partial charge in [0.15, 0.2) is 17.3 Å². The molecule has 29 heavy (non-hydrogen) atoms. The molecule has 0 amide bonds. The van der Waals surface area contributed by atoms with E-state index in [0.29, 0.717) is 18.2 Å². The van der Waals surface area contributed by atoms with Gasteiger partial charge in [-0.05, 0) is 6.07 Å². The quantitative estimate of drug-likeness (QED) is 0.514. The summed E-state index contributed by atoms with van der Waals surface area (Å²) in [5, 5.41) is 9.53. The Kier molecular flexibility index (Phi) is 3.87. The molecular weight excluding hydrogens is 401 g/mol. The molecule has 10 nitrogen and oxygen atoms in total. The van der Waals surface area contributed by atoms with Crippen molar-refractivity contribution in [2.75, 3.05) is 18.0 Å². The molecule has 0 atom stereocenters. The van der Waals surface area contributed by atoms with Crippen LogP contribution in [0, 0.1) is 5.82 Å². The highest BCUT2D eigenvalue weighted by Gasteiger charge is 2.33. The Bertz CT molecular complexity index is 1280. The van der Waals surface area contributed by atoms with Crippen molar-refractivity contribution in [1.29, 1.82) is 0 Å². The smallest absolute Gasteiger partial charge is 0.341 e. The highest BCUT2D eigenvalue weighted by Crippen LogP contribution is 2.32. The molecular formula is C17H12FN7O3S. The van der Waals surface area contributed by atoms with Crippen LogP contribution in [0.15, 0.2) is 35.8 Å². The molecule has 0 aromatic carbocycles. The fraction of sp³-hybridized carbons (Fsp3) is 0.176. The van der Waals surface area contributed by atoms with Crippen molar-refractivity contribution in [1.82, 2.24) is 28.9 Å². The molecule has 0 spiro atoms. The summed E-state index contributed by atoms with van der Waals surface area (Å²) < 4.78 is 20.1. The molecule has 0 radical (unpaired) electrons. The molecule has 0 aliphatic carbocycles. The van der Waals surface area contributed by atoms with Crippen LogP contribution in [0.3, 0.4) is 0 Å². The molecule has 146 valence electrons. The summed E-state index contributed by atoms with van der Waals surface area (Å²) in [5.41, 5.74) is -1.18. The summed E-state index contributed by atoms with van der Waals surface area (Å²) in [7, 11) is 0. The number of carboxylic acids is 1. The summed E-state index contributed by atoms with van der Waals surface area (Å²) in [6.07, 6.45) is 5.84. The molecule has 1 saturated heterocycles. The number of pyridine rings is 2. The molecule has 1 aliphatic heterocycles. The highest BCUT2D eigenvalue weighted by molar-refractivity contribution is 7.08. The largest absolute Gasteiger partial charge is 0.477 e. The maximum absolute atomic E-state index is 14.8. The first-order valence-electron chi connectivity index (χ1n) is 8.53. The van der Waals surface area contributed by atoms with E-state index in [0.717, 1.165) is 29.6 Å². The summed E-state index contributed by atoms with van der Waals surface area (Å²) in [6, 6.07) is 1.03. The van der Waals surface area contributed by atoms with Gasteiger partial charge in [-0.1, -0.05) is 0 Å². The van der Waals surface area contributed by atoms with Gasteiger partial charge in [-0.3, -0.25) is 9.36 Å². The number of hydrogen-bond acceptors (Lipinski definition) is 8. The Labute approximate surface area is 165 Å². The average molecular weight is 413 g/mol. The fourth-order valence-corrected chi connectivity index (χ4v) is 3.84. The number of aromatic carboxylic acids is 1. The number of hydrogen-bond donors (Lipinski definition) is 2. The van der Waals surface area contributed by atoms with Crippen molar-refractivity contribution >= 4 is 34.4 Å². The molecule has 5 rings (SSSR count). The zero-order valence-electron chi connectivity index (χ0n) is 14.6. The number of H-pyrrole nitrogens is 1. The second-order valence-electron chi connectivity index (χ2n) is 6.51. The van der Waals surface area contributed by atoms with Crippen LogP contribution in [0.1, 0.15) is 22.1 Å². The Morgan fingerprint density at radius 1 is 1.34 bits per heavy atom. The van der Waals surface area contributed by atoms with Crippen LogP contribution in [0.4, 0.5) is 10.2 Å². The van der Waals surface area contributed by atoms with Crippen LogP contribution in [0.25, 0.3) is 16.2 Å². The lowest BCUT2D eigenvalue weighted by Gasteiger charge is -2.39. The van der Waals surface area contributed by atoms with E-state index in [1.54, 1.807) is 17.3 Å². The van der Waals surface area contributed by atoms with Gasteiger partial charge < -0.3 is 15.0 Å². The normalized spacial score (nSPS) is 14.3. The zero-order valence-corrected chi connectivity index (χ0v) is 15.4. The average Bonchev–Trinajstić information content (AvgIpc) is 3.35. The number of halogens is 1. The number of fused-ring (bicyclic) bond motifs is 1. The summed E-state index contributed by atoms with van der Waals surface area (Å²) in [5.74, 6) is -1.08. The van der Waals surface area contributed by atoms with Crippen LogP contribution in [-0.4, -0.2) is 53.0 Å². The first-order chi connectivity index (χ1) is 14.0. The predicted octanol–water partition coefficient (Wildman–Crippen LogP) is 1.40. The lowest BCUT2D eigenvalue weighted by Crippen LogP contribution is -2.46. The van der Waals surface area contributed by atoms with Crippen LogP contribution in [0.2, 0.25) is 0 Å². The topological polar surface area (TPSA) is 130 Å². The van der Waals surface area contributed by atoms with Gasteiger partial charge in [-0.2, -0.15) is 4.37 Å². The molecule has 1 fully saturated rings. The van der Waals surface area contributed by atoms with Crippen LogP contribution in [0.5, 0.6) is 0 Å². The van der Waals surface area contributed by atoms with Gasteiger partial charge >= 0.3 is 5.97 Å². The first kappa shape index (κ1) is 17.4. The lowest BCUT2D eigenvalue weighted by atomic mass is 9.99. The van der Waals surface area contributed by atoms with Crippen molar-refractivity contribution in [3.63, 3.8) is 0 Å². The highest BCUT2D eigenvalue weighted by atomic mass is 32.1. The van der Waals surface area contributed by atoms with Crippen molar-refractivity contribution < 1.29 is 14.3 Å². The van der Waals surface area contributed by atoms with Gasteiger partial charge in [-0.25, -0.2) is 24.1 Å². The summed E-state index contributed by atoms with van der Waals surface area (Å²) in [4.78, 5) is 41.4. The summed E-state index contributed by atoms with van der Waals surface area (Å²) in [6.45, 7) is 1.03. The Hall–Kier alpha value is -3.67. The lowest BCUT2D eigenvalue weighted by molar-refractivity contribution is 0.0695. The monoisotopic (exact) mass is 413 g/mol. The number of carbonyl (C=O) groups is 1. The number of aromatic nitrogens is 6. The predicted molar refractivity (Wildman–Crippen MR) is 101 cm³/mol. The molecule has 0 bridgehead atoms. The number of nitrogens with zero attached hydrogens (tertiary/aromatic N) is 6. The maximum atomic E-state index is 14.8. The molecule has 0 unspecified atom stereocenters. The van der Waals surface area contributed by atoms with Gasteiger partial charge in [0.25, 0.3) is 0 Å². The Morgan fingerprint density at radius 2 is 2.17 bits per heavy atom. The van der Waals surface area contributed by atoms with E-state index >= 15 is 0 Å². The fourth-order valence-electron chi connectivity index (χ4n) is 3.33. The van der Waals surface area contributed by atoms with E-state index in [9.17, 15) is 19.1 Å². The molecule has 0 saturated carbocycles. The number of nitrogens with one attached hydrogen (secondary N) is 1. The number of anilines is 1. The molecule has 1 aliphatic rings. The van der Waals surface area contributed by atoms with E-state index in [4.69, 9.17) is 0 Å². The minimum Gasteiger partial charge on any atom is -0.477 e. The molecule has 4 aromatic rings. The number of rotatable bonds is 4. The van der Waals surface area contributed by atoms with Gasteiger partial charge in [0.05, 0.1) is 11.3 Å². The van der Waals surface area contributed by atoms with Crippen molar-refractivity contribution in [3.8, 4) is 5.13 Å². The van der Waals surface area contributed by atoms with E-state index in [1.807, 2.05) is 0 Å². The Morgan fingerprint density at radius 3 is 2.83 bits per heavy atom.